The maximum Gasteiger partial charge on any atom is 0.240 e. The van der Waals surface area contributed by atoms with Crippen LogP contribution in [0.25, 0.3) is 0 Å². The fourth-order valence-electron chi connectivity index (χ4n) is 3.15. The van der Waals surface area contributed by atoms with E-state index in [1.165, 1.54) is 38.8 Å². The lowest BCUT2D eigenvalue weighted by atomic mass is 10.2. The largest absolute Gasteiger partial charge is 0.338 e. The Morgan fingerprint density at radius 2 is 1.89 bits per heavy atom. The number of piperazine rings is 1. The lowest BCUT2D eigenvalue weighted by Crippen LogP contribution is -2.49. The van der Waals surface area contributed by atoms with Gasteiger partial charge in [0.15, 0.2) is 5.82 Å². The van der Waals surface area contributed by atoms with Crippen molar-refractivity contribution in [1.29, 1.82) is 0 Å². The summed E-state index contributed by atoms with van der Waals surface area (Å²) in [6, 6.07) is 0.859. The van der Waals surface area contributed by atoms with Gasteiger partial charge in [-0.25, -0.2) is 0 Å². The Hall–Kier alpha value is -0.940. The Morgan fingerprint density at radius 3 is 2.50 bits per heavy atom. The molecule has 1 saturated carbocycles. The summed E-state index contributed by atoms with van der Waals surface area (Å²) < 4.78 is 5.18. The average molecular weight is 250 g/mol. The van der Waals surface area contributed by atoms with E-state index in [2.05, 4.69) is 19.9 Å². The predicted octanol–water partition coefficient (Wildman–Crippen LogP) is 1.44. The summed E-state index contributed by atoms with van der Waals surface area (Å²) in [5.74, 6) is 1.48. The van der Waals surface area contributed by atoms with E-state index >= 15 is 0 Å². The van der Waals surface area contributed by atoms with Crippen LogP contribution in [0.3, 0.4) is 0 Å². The van der Waals surface area contributed by atoms with Gasteiger partial charge in [0.05, 0.1) is 6.54 Å². The highest BCUT2D eigenvalue weighted by molar-refractivity contribution is 4.86. The zero-order valence-corrected chi connectivity index (χ0v) is 11.1. The van der Waals surface area contributed by atoms with Crippen molar-refractivity contribution >= 4 is 0 Å². The van der Waals surface area contributed by atoms with Crippen LogP contribution in [0.5, 0.6) is 0 Å². The van der Waals surface area contributed by atoms with Crippen LogP contribution >= 0.6 is 0 Å². The minimum Gasteiger partial charge on any atom is -0.338 e. The molecule has 1 saturated heterocycles. The minimum absolute atomic E-state index is 0.731. The molecule has 5 heteroatoms. The van der Waals surface area contributed by atoms with E-state index in [4.69, 9.17) is 4.52 Å². The van der Waals surface area contributed by atoms with Gasteiger partial charge in [-0.05, 0) is 19.8 Å². The number of hydrogen-bond donors (Lipinski definition) is 0. The van der Waals surface area contributed by atoms with Gasteiger partial charge >= 0.3 is 0 Å². The quantitative estimate of drug-likeness (QED) is 0.812. The summed E-state index contributed by atoms with van der Waals surface area (Å²) in [6.07, 6.45) is 5.66. The molecule has 0 amide bonds. The van der Waals surface area contributed by atoms with Crippen LogP contribution in [-0.2, 0) is 6.54 Å². The van der Waals surface area contributed by atoms with Crippen molar-refractivity contribution in [2.45, 2.75) is 45.2 Å². The second kappa shape index (κ2) is 5.36. The van der Waals surface area contributed by atoms with Gasteiger partial charge in [0.2, 0.25) is 5.89 Å². The Kier molecular flexibility index (Phi) is 3.61. The van der Waals surface area contributed by atoms with Gasteiger partial charge in [-0.3, -0.25) is 9.80 Å². The maximum absolute atomic E-state index is 5.18. The van der Waals surface area contributed by atoms with Crippen LogP contribution in [0.4, 0.5) is 0 Å². The molecule has 0 N–H and O–H groups in total. The topological polar surface area (TPSA) is 45.4 Å². The first-order valence-electron chi connectivity index (χ1n) is 7.07. The molecule has 1 aliphatic carbocycles. The summed E-state index contributed by atoms with van der Waals surface area (Å²) in [6.45, 7) is 7.30. The molecule has 2 aliphatic rings. The molecule has 0 bridgehead atoms. The highest BCUT2D eigenvalue weighted by atomic mass is 16.5. The fourth-order valence-corrected chi connectivity index (χ4v) is 3.15. The van der Waals surface area contributed by atoms with Gasteiger partial charge in [0, 0.05) is 32.2 Å². The van der Waals surface area contributed by atoms with Gasteiger partial charge in [-0.1, -0.05) is 18.0 Å². The number of hydrogen-bond acceptors (Lipinski definition) is 5. The summed E-state index contributed by atoms with van der Waals surface area (Å²) in [5, 5.41) is 3.84. The summed E-state index contributed by atoms with van der Waals surface area (Å²) in [4.78, 5) is 9.35. The van der Waals surface area contributed by atoms with E-state index in [9.17, 15) is 0 Å². The SMILES string of the molecule is Cc1noc(CN2CCN(C3CCCC3)CC2)n1. The molecule has 1 aliphatic heterocycles. The molecule has 18 heavy (non-hydrogen) atoms. The van der Waals surface area contributed by atoms with E-state index in [1.54, 1.807) is 0 Å². The molecule has 0 spiro atoms. The van der Waals surface area contributed by atoms with Crippen LogP contribution in [0.15, 0.2) is 4.52 Å². The van der Waals surface area contributed by atoms with Crippen molar-refractivity contribution in [3.8, 4) is 0 Å². The molecule has 1 aromatic rings. The van der Waals surface area contributed by atoms with Gasteiger partial charge in [0.25, 0.3) is 0 Å². The van der Waals surface area contributed by atoms with Crippen LogP contribution < -0.4 is 0 Å². The molecular formula is C13H22N4O. The first kappa shape index (κ1) is 12.1. The Labute approximate surface area is 108 Å². The number of aryl methyl sites for hydroxylation is 1. The Bertz CT molecular complexity index is 378. The molecule has 0 radical (unpaired) electrons. The number of rotatable bonds is 3. The van der Waals surface area contributed by atoms with E-state index in [-0.39, 0.29) is 0 Å². The lowest BCUT2D eigenvalue weighted by Gasteiger charge is -2.37. The van der Waals surface area contributed by atoms with Gasteiger partial charge in [0.1, 0.15) is 0 Å². The van der Waals surface area contributed by atoms with E-state index in [1.807, 2.05) is 6.92 Å². The van der Waals surface area contributed by atoms with Gasteiger partial charge in [-0.15, -0.1) is 0 Å². The summed E-state index contributed by atoms with van der Waals surface area (Å²) >= 11 is 0. The molecule has 1 aromatic heterocycles. The molecule has 0 unspecified atom stereocenters. The molecule has 2 fully saturated rings. The molecule has 3 rings (SSSR count). The molecular weight excluding hydrogens is 228 g/mol. The molecule has 0 aromatic carbocycles. The average Bonchev–Trinajstić information content (AvgIpc) is 3.02. The molecule has 5 nitrogen and oxygen atoms in total. The van der Waals surface area contributed by atoms with Gasteiger partial charge < -0.3 is 4.52 Å². The monoisotopic (exact) mass is 250 g/mol. The van der Waals surface area contributed by atoms with Crippen LogP contribution in [0, 0.1) is 6.92 Å². The van der Waals surface area contributed by atoms with Crippen LogP contribution in [-0.4, -0.2) is 52.2 Å². The highest BCUT2D eigenvalue weighted by Crippen LogP contribution is 2.24. The standard InChI is InChI=1S/C13H22N4O/c1-11-14-13(18-15-11)10-16-6-8-17(9-7-16)12-4-2-3-5-12/h12H,2-10H2,1H3. The summed E-state index contributed by atoms with van der Waals surface area (Å²) in [7, 11) is 0. The zero-order valence-electron chi connectivity index (χ0n) is 11.1. The second-order valence-corrected chi connectivity index (χ2v) is 5.49. The second-order valence-electron chi connectivity index (χ2n) is 5.49. The molecule has 0 atom stereocenters. The van der Waals surface area contributed by atoms with Crippen molar-refractivity contribution in [3.05, 3.63) is 11.7 Å². The molecule has 100 valence electrons. The van der Waals surface area contributed by atoms with E-state index in [0.717, 1.165) is 37.4 Å². The van der Waals surface area contributed by atoms with Crippen molar-refractivity contribution in [1.82, 2.24) is 19.9 Å². The van der Waals surface area contributed by atoms with E-state index < -0.39 is 0 Å². The van der Waals surface area contributed by atoms with Crippen molar-refractivity contribution in [2.24, 2.45) is 0 Å². The van der Waals surface area contributed by atoms with Crippen molar-refractivity contribution in [3.63, 3.8) is 0 Å². The third-order valence-corrected chi connectivity index (χ3v) is 4.18. The van der Waals surface area contributed by atoms with Crippen molar-refractivity contribution in [2.75, 3.05) is 26.2 Å². The maximum atomic E-state index is 5.18. The fraction of sp³-hybridized carbons (Fsp3) is 0.846. The van der Waals surface area contributed by atoms with Crippen LogP contribution in [0.2, 0.25) is 0 Å². The first-order valence-corrected chi connectivity index (χ1v) is 7.07. The highest BCUT2D eigenvalue weighted by Gasteiger charge is 2.26. The minimum atomic E-state index is 0.731. The molecule has 2 heterocycles. The number of aromatic nitrogens is 2. The lowest BCUT2D eigenvalue weighted by molar-refractivity contribution is 0.0868. The summed E-state index contributed by atoms with van der Waals surface area (Å²) in [5.41, 5.74) is 0. The third kappa shape index (κ3) is 2.72. The number of nitrogens with zero attached hydrogens (tertiary/aromatic N) is 4. The van der Waals surface area contributed by atoms with Crippen molar-refractivity contribution < 1.29 is 4.52 Å². The Balaban J connectivity index is 1.47. The first-order chi connectivity index (χ1) is 8.81. The normalized spacial score (nSPS) is 23.8. The van der Waals surface area contributed by atoms with E-state index in [0.29, 0.717) is 0 Å². The zero-order chi connectivity index (χ0) is 12.4. The third-order valence-electron chi connectivity index (χ3n) is 4.18. The smallest absolute Gasteiger partial charge is 0.240 e. The van der Waals surface area contributed by atoms with Gasteiger partial charge in [-0.2, -0.15) is 4.98 Å². The van der Waals surface area contributed by atoms with Crippen LogP contribution in [0.1, 0.15) is 37.4 Å². The Morgan fingerprint density at radius 1 is 1.17 bits per heavy atom. The predicted molar refractivity (Wildman–Crippen MR) is 68.1 cm³/mol.